The number of hydrogen-bond acceptors (Lipinski definition) is 3. The summed E-state index contributed by atoms with van der Waals surface area (Å²) >= 11 is 0. The van der Waals surface area contributed by atoms with E-state index in [-0.39, 0.29) is 0 Å². The number of amides is 1. The summed E-state index contributed by atoms with van der Waals surface area (Å²) in [4.78, 5) is 18.6. The Balaban J connectivity index is 1.84. The van der Waals surface area contributed by atoms with Crippen LogP contribution in [-0.2, 0) is 6.54 Å². The van der Waals surface area contributed by atoms with Gasteiger partial charge in [0.05, 0.1) is 5.69 Å². The average Bonchev–Trinajstić information content (AvgIpc) is 2.31. The number of pyridine rings is 1. The van der Waals surface area contributed by atoms with E-state index in [0.717, 1.165) is 25.3 Å². The van der Waals surface area contributed by atoms with E-state index in [1.165, 1.54) is 4.90 Å². The van der Waals surface area contributed by atoms with Gasteiger partial charge in [-0.25, -0.2) is 4.79 Å². The lowest BCUT2D eigenvalue weighted by Crippen LogP contribution is -2.47. The van der Waals surface area contributed by atoms with Gasteiger partial charge >= 0.3 is 6.09 Å². The predicted molar refractivity (Wildman–Crippen MR) is 59.1 cm³/mol. The van der Waals surface area contributed by atoms with Gasteiger partial charge in [-0.15, -0.1) is 0 Å². The van der Waals surface area contributed by atoms with Crippen molar-refractivity contribution >= 4 is 6.09 Å². The lowest BCUT2D eigenvalue weighted by Gasteiger charge is -2.32. The number of hydrogen-bond donors (Lipinski definition) is 1. The first-order chi connectivity index (χ1) is 7.75. The quantitative estimate of drug-likeness (QED) is 0.805. The monoisotopic (exact) mass is 221 g/mol. The molecule has 5 heteroatoms. The Morgan fingerprint density at radius 3 is 2.62 bits per heavy atom. The Morgan fingerprint density at radius 2 is 2.06 bits per heavy atom. The number of nitrogens with zero attached hydrogens (tertiary/aromatic N) is 3. The van der Waals surface area contributed by atoms with Gasteiger partial charge in [-0.1, -0.05) is 6.07 Å². The van der Waals surface area contributed by atoms with Crippen molar-refractivity contribution in [1.82, 2.24) is 14.8 Å². The molecule has 1 fully saturated rings. The highest BCUT2D eigenvalue weighted by atomic mass is 16.4. The van der Waals surface area contributed by atoms with Gasteiger partial charge in [0.1, 0.15) is 0 Å². The molecule has 1 aromatic heterocycles. The van der Waals surface area contributed by atoms with Gasteiger partial charge in [0.25, 0.3) is 0 Å². The second-order valence-electron chi connectivity index (χ2n) is 3.87. The smallest absolute Gasteiger partial charge is 0.407 e. The van der Waals surface area contributed by atoms with Crippen LogP contribution in [0.1, 0.15) is 5.69 Å². The zero-order valence-electron chi connectivity index (χ0n) is 9.04. The standard InChI is InChI=1S/C11H15N3O2/c15-11(16)14-7-5-13(6-8-14)9-10-3-1-2-4-12-10/h1-4H,5-9H2,(H,15,16). The van der Waals surface area contributed by atoms with Crippen molar-refractivity contribution in [1.29, 1.82) is 0 Å². The molecule has 2 heterocycles. The minimum Gasteiger partial charge on any atom is -0.465 e. The first-order valence-corrected chi connectivity index (χ1v) is 5.36. The average molecular weight is 221 g/mol. The Bertz CT molecular complexity index is 348. The summed E-state index contributed by atoms with van der Waals surface area (Å²) in [6.45, 7) is 3.53. The van der Waals surface area contributed by atoms with E-state index in [2.05, 4.69) is 9.88 Å². The molecule has 0 atom stereocenters. The maximum absolute atomic E-state index is 10.7. The van der Waals surface area contributed by atoms with Crippen molar-refractivity contribution in [2.75, 3.05) is 26.2 Å². The zero-order valence-corrected chi connectivity index (χ0v) is 9.04. The highest BCUT2D eigenvalue weighted by Gasteiger charge is 2.20. The zero-order chi connectivity index (χ0) is 11.4. The van der Waals surface area contributed by atoms with Crippen molar-refractivity contribution in [3.05, 3.63) is 30.1 Å². The molecule has 0 saturated carbocycles. The molecule has 86 valence electrons. The Hall–Kier alpha value is -1.62. The van der Waals surface area contributed by atoms with E-state index in [9.17, 15) is 4.79 Å². The SMILES string of the molecule is O=C(O)N1CCN(Cc2ccccn2)CC1. The van der Waals surface area contributed by atoms with Crippen LogP contribution >= 0.6 is 0 Å². The molecule has 1 amide bonds. The Kier molecular flexibility index (Phi) is 3.36. The van der Waals surface area contributed by atoms with Crippen LogP contribution in [0, 0.1) is 0 Å². The van der Waals surface area contributed by atoms with Gasteiger partial charge in [-0.2, -0.15) is 0 Å². The van der Waals surface area contributed by atoms with E-state index in [1.54, 1.807) is 6.20 Å². The van der Waals surface area contributed by atoms with Gasteiger partial charge in [0.15, 0.2) is 0 Å². The number of piperazine rings is 1. The second-order valence-corrected chi connectivity index (χ2v) is 3.87. The Morgan fingerprint density at radius 1 is 1.31 bits per heavy atom. The number of aromatic nitrogens is 1. The number of carboxylic acid groups (broad SMARTS) is 1. The fourth-order valence-electron chi connectivity index (χ4n) is 1.82. The highest BCUT2D eigenvalue weighted by molar-refractivity contribution is 5.65. The van der Waals surface area contributed by atoms with Crippen molar-refractivity contribution in [2.24, 2.45) is 0 Å². The lowest BCUT2D eigenvalue weighted by molar-refractivity contribution is 0.102. The fraction of sp³-hybridized carbons (Fsp3) is 0.455. The third kappa shape index (κ3) is 2.70. The summed E-state index contributed by atoms with van der Waals surface area (Å²) in [5, 5.41) is 8.81. The molecule has 5 nitrogen and oxygen atoms in total. The molecular formula is C11H15N3O2. The second kappa shape index (κ2) is 4.94. The van der Waals surface area contributed by atoms with Gasteiger partial charge in [0, 0.05) is 38.9 Å². The van der Waals surface area contributed by atoms with Crippen molar-refractivity contribution in [3.8, 4) is 0 Å². The van der Waals surface area contributed by atoms with Gasteiger partial charge in [0.2, 0.25) is 0 Å². The van der Waals surface area contributed by atoms with Crippen LogP contribution in [0.25, 0.3) is 0 Å². The molecule has 1 aliphatic heterocycles. The molecule has 1 N–H and O–H groups in total. The van der Waals surface area contributed by atoms with E-state index >= 15 is 0 Å². The summed E-state index contributed by atoms with van der Waals surface area (Å²) < 4.78 is 0. The number of carbonyl (C=O) groups is 1. The van der Waals surface area contributed by atoms with Crippen LogP contribution in [0.3, 0.4) is 0 Å². The molecule has 0 aromatic carbocycles. The van der Waals surface area contributed by atoms with Crippen LogP contribution < -0.4 is 0 Å². The lowest BCUT2D eigenvalue weighted by atomic mass is 10.3. The van der Waals surface area contributed by atoms with Gasteiger partial charge in [-0.05, 0) is 12.1 Å². The third-order valence-electron chi connectivity index (χ3n) is 2.75. The molecule has 0 unspecified atom stereocenters. The van der Waals surface area contributed by atoms with Crippen molar-refractivity contribution in [2.45, 2.75) is 6.54 Å². The summed E-state index contributed by atoms with van der Waals surface area (Å²) in [5.41, 5.74) is 1.03. The third-order valence-corrected chi connectivity index (χ3v) is 2.75. The van der Waals surface area contributed by atoms with Gasteiger partial charge < -0.3 is 10.0 Å². The molecule has 1 aliphatic rings. The van der Waals surface area contributed by atoms with Crippen LogP contribution in [0.15, 0.2) is 24.4 Å². The van der Waals surface area contributed by atoms with Crippen molar-refractivity contribution in [3.63, 3.8) is 0 Å². The minimum absolute atomic E-state index is 0.585. The molecule has 16 heavy (non-hydrogen) atoms. The summed E-state index contributed by atoms with van der Waals surface area (Å²) in [5.74, 6) is 0. The minimum atomic E-state index is -0.822. The summed E-state index contributed by atoms with van der Waals surface area (Å²) in [6, 6.07) is 5.85. The topological polar surface area (TPSA) is 56.7 Å². The van der Waals surface area contributed by atoms with E-state index in [1.807, 2.05) is 18.2 Å². The molecule has 0 bridgehead atoms. The van der Waals surface area contributed by atoms with E-state index in [0.29, 0.717) is 13.1 Å². The van der Waals surface area contributed by atoms with Crippen molar-refractivity contribution < 1.29 is 9.90 Å². The first kappa shape index (κ1) is 10.9. The van der Waals surface area contributed by atoms with Crippen LogP contribution in [-0.4, -0.2) is 52.2 Å². The summed E-state index contributed by atoms with van der Waals surface area (Å²) in [7, 11) is 0. The molecule has 0 spiro atoms. The fourth-order valence-corrected chi connectivity index (χ4v) is 1.82. The predicted octanol–water partition coefficient (Wildman–Crippen LogP) is 0.877. The van der Waals surface area contributed by atoms with E-state index in [4.69, 9.17) is 5.11 Å². The van der Waals surface area contributed by atoms with Crippen LogP contribution in [0.2, 0.25) is 0 Å². The van der Waals surface area contributed by atoms with Gasteiger partial charge in [-0.3, -0.25) is 9.88 Å². The summed E-state index contributed by atoms with van der Waals surface area (Å²) in [6.07, 6.45) is 0.959. The maximum atomic E-state index is 10.7. The van der Waals surface area contributed by atoms with Crippen LogP contribution in [0.5, 0.6) is 0 Å². The molecule has 2 rings (SSSR count). The first-order valence-electron chi connectivity index (χ1n) is 5.36. The highest BCUT2D eigenvalue weighted by Crippen LogP contribution is 2.06. The maximum Gasteiger partial charge on any atom is 0.407 e. The normalized spacial score (nSPS) is 17.4. The molecular weight excluding hydrogens is 206 g/mol. The molecule has 1 aromatic rings. The van der Waals surface area contributed by atoms with Crippen LogP contribution in [0.4, 0.5) is 4.79 Å². The largest absolute Gasteiger partial charge is 0.465 e. The molecule has 0 aliphatic carbocycles. The molecule has 1 saturated heterocycles. The number of rotatable bonds is 2. The van der Waals surface area contributed by atoms with E-state index < -0.39 is 6.09 Å². The Labute approximate surface area is 94.3 Å². The molecule has 0 radical (unpaired) electrons.